The van der Waals surface area contributed by atoms with Gasteiger partial charge in [0, 0.05) is 36.3 Å². The predicted octanol–water partition coefficient (Wildman–Crippen LogP) is 4.34. The zero-order valence-electron chi connectivity index (χ0n) is 18.1. The molecule has 3 N–H and O–H groups in total. The molecule has 0 aromatic heterocycles. The number of nitrogens with two attached hydrogens (primary N) is 1. The number of nitrogens with one attached hydrogen (secondary N) is 1. The Morgan fingerprint density at radius 2 is 1.58 bits per heavy atom. The second-order valence-corrected chi connectivity index (χ2v) is 7.94. The standard InChI is InChI=1S/C26H25N3O4/c27-25(31)19-7-11-22(12-8-19)33-23-13-9-20(10-14-23)26(32)28-21-5-3-4-18(16-21)17-29-15-2-1-6-24(29)30/h3-5,7-14,16H,1-2,6,15,17H2,(H2,27,31)(H,28,32). The first-order chi connectivity index (χ1) is 16.0. The Morgan fingerprint density at radius 1 is 0.909 bits per heavy atom. The van der Waals surface area contributed by atoms with Crippen LogP contribution in [0.4, 0.5) is 5.69 Å². The van der Waals surface area contributed by atoms with E-state index >= 15 is 0 Å². The molecule has 7 nitrogen and oxygen atoms in total. The summed E-state index contributed by atoms with van der Waals surface area (Å²) in [5.74, 6) is 0.565. The summed E-state index contributed by atoms with van der Waals surface area (Å²) in [7, 11) is 0. The summed E-state index contributed by atoms with van der Waals surface area (Å²) in [5, 5.41) is 2.91. The number of primary amides is 1. The number of ether oxygens (including phenoxy) is 1. The molecule has 1 heterocycles. The Morgan fingerprint density at radius 3 is 2.21 bits per heavy atom. The van der Waals surface area contributed by atoms with E-state index in [1.54, 1.807) is 48.5 Å². The van der Waals surface area contributed by atoms with Crippen molar-refractivity contribution in [3.8, 4) is 11.5 Å². The molecule has 0 atom stereocenters. The highest BCUT2D eigenvalue weighted by Gasteiger charge is 2.18. The molecular weight excluding hydrogens is 418 g/mol. The first kappa shape index (κ1) is 22.1. The fourth-order valence-electron chi connectivity index (χ4n) is 3.70. The summed E-state index contributed by atoms with van der Waals surface area (Å²) in [6.07, 6.45) is 2.59. The van der Waals surface area contributed by atoms with Crippen molar-refractivity contribution in [2.45, 2.75) is 25.8 Å². The molecule has 1 aliphatic rings. The number of piperidine rings is 1. The number of nitrogens with zero attached hydrogens (tertiary/aromatic N) is 1. The lowest BCUT2D eigenvalue weighted by Crippen LogP contribution is -2.34. The van der Waals surface area contributed by atoms with E-state index in [9.17, 15) is 14.4 Å². The molecule has 7 heteroatoms. The molecule has 3 amide bonds. The Balaban J connectivity index is 1.36. The van der Waals surface area contributed by atoms with Crippen LogP contribution in [0.5, 0.6) is 11.5 Å². The normalized spacial score (nSPS) is 13.5. The van der Waals surface area contributed by atoms with E-state index in [4.69, 9.17) is 10.5 Å². The van der Waals surface area contributed by atoms with Gasteiger partial charge in [0.05, 0.1) is 0 Å². The zero-order valence-corrected chi connectivity index (χ0v) is 18.1. The third-order valence-electron chi connectivity index (χ3n) is 5.47. The molecule has 3 aromatic carbocycles. The number of benzene rings is 3. The Kier molecular flexibility index (Phi) is 6.69. The lowest BCUT2D eigenvalue weighted by atomic mass is 10.1. The van der Waals surface area contributed by atoms with Crippen LogP contribution in [-0.4, -0.2) is 29.2 Å². The quantitative estimate of drug-likeness (QED) is 0.567. The van der Waals surface area contributed by atoms with E-state index < -0.39 is 5.91 Å². The van der Waals surface area contributed by atoms with Gasteiger partial charge in [0.1, 0.15) is 11.5 Å². The number of hydrogen-bond acceptors (Lipinski definition) is 4. The summed E-state index contributed by atoms with van der Waals surface area (Å²) in [6, 6.07) is 20.8. The molecule has 168 valence electrons. The van der Waals surface area contributed by atoms with E-state index in [1.165, 1.54) is 0 Å². The number of likely N-dealkylation sites (tertiary alicyclic amines) is 1. The van der Waals surface area contributed by atoms with Crippen molar-refractivity contribution in [1.29, 1.82) is 0 Å². The van der Waals surface area contributed by atoms with Crippen molar-refractivity contribution in [2.24, 2.45) is 5.73 Å². The zero-order chi connectivity index (χ0) is 23.2. The van der Waals surface area contributed by atoms with Crippen molar-refractivity contribution >= 4 is 23.4 Å². The molecule has 1 aliphatic heterocycles. The molecule has 3 aromatic rings. The minimum Gasteiger partial charge on any atom is -0.457 e. The van der Waals surface area contributed by atoms with Crippen LogP contribution in [0.25, 0.3) is 0 Å². The SMILES string of the molecule is NC(=O)c1ccc(Oc2ccc(C(=O)Nc3cccc(CN4CCCCC4=O)c3)cc2)cc1. The average molecular weight is 444 g/mol. The topological polar surface area (TPSA) is 102 Å². The molecule has 0 aliphatic carbocycles. The second-order valence-electron chi connectivity index (χ2n) is 7.94. The van der Waals surface area contributed by atoms with Gasteiger partial charge >= 0.3 is 0 Å². The van der Waals surface area contributed by atoms with Gasteiger partial charge in [0.15, 0.2) is 0 Å². The molecule has 0 bridgehead atoms. The summed E-state index contributed by atoms with van der Waals surface area (Å²) < 4.78 is 5.75. The van der Waals surface area contributed by atoms with E-state index in [2.05, 4.69) is 5.32 Å². The first-order valence-electron chi connectivity index (χ1n) is 10.8. The fourth-order valence-corrected chi connectivity index (χ4v) is 3.70. The third-order valence-corrected chi connectivity index (χ3v) is 5.47. The molecule has 0 radical (unpaired) electrons. The van der Waals surface area contributed by atoms with Gasteiger partial charge in [-0.2, -0.15) is 0 Å². The first-order valence-corrected chi connectivity index (χ1v) is 10.8. The Bertz CT molecular complexity index is 1160. The van der Waals surface area contributed by atoms with Crippen LogP contribution in [0.2, 0.25) is 0 Å². The Labute approximate surface area is 192 Å². The molecule has 1 saturated heterocycles. The fraction of sp³-hybridized carbons (Fsp3) is 0.192. The van der Waals surface area contributed by atoms with Gasteiger partial charge in [-0.25, -0.2) is 0 Å². The number of carbonyl (C=O) groups excluding carboxylic acids is 3. The van der Waals surface area contributed by atoms with Crippen LogP contribution in [0, 0.1) is 0 Å². The summed E-state index contributed by atoms with van der Waals surface area (Å²) in [5.41, 5.74) is 7.79. The van der Waals surface area contributed by atoms with E-state index in [1.807, 2.05) is 29.2 Å². The minimum atomic E-state index is -0.498. The van der Waals surface area contributed by atoms with Crippen LogP contribution in [0.1, 0.15) is 45.5 Å². The largest absolute Gasteiger partial charge is 0.457 e. The lowest BCUT2D eigenvalue weighted by Gasteiger charge is -2.26. The molecule has 1 fully saturated rings. The van der Waals surface area contributed by atoms with Crippen LogP contribution < -0.4 is 15.8 Å². The van der Waals surface area contributed by atoms with E-state index in [0.29, 0.717) is 41.3 Å². The molecule has 0 saturated carbocycles. The molecule has 4 rings (SSSR count). The molecule has 0 unspecified atom stereocenters. The van der Waals surface area contributed by atoms with Crippen molar-refractivity contribution in [1.82, 2.24) is 4.90 Å². The predicted molar refractivity (Wildman–Crippen MR) is 125 cm³/mol. The minimum absolute atomic E-state index is 0.182. The maximum Gasteiger partial charge on any atom is 0.255 e. The third kappa shape index (κ3) is 5.77. The van der Waals surface area contributed by atoms with Crippen LogP contribution in [-0.2, 0) is 11.3 Å². The highest BCUT2D eigenvalue weighted by Crippen LogP contribution is 2.23. The van der Waals surface area contributed by atoms with Crippen LogP contribution in [0.3, 0.4) is 0 Å². The van der Waals surface area contributed by atoms with Gasteiger partial charge in [0.25, 0.3) is 5.91 Å². The van der Waals surface area contributed by atoms with Gasteiger partial charge in [-0.05, 0) is 79.1 Å². The van der Waals surface area contributed by atoms with Crippen molar-refractivity contribution in [3.05, 3.63) is 89.5 Å². The van der Waals surface area contributed by atoms with Crippen molar-refractivity contribution in [3.63, 3.8) is 0 Å². The van der Waals surface area contributed by atoms with Crippen molar-refractivity contribution in [2.75, 3.05) is 11.9 Å². The highest BCUT2D eigenvalue weighted by molar-refractivity contribution is 6.04. The highest BCUT2D eigenvalue weighted by atomic mass is 16.5. The van der Waals surface area contributed by atoms with Gasteiger partial charge in [0.2, 0.25) is 11.8 Å². The van der Waals surface area contributed by atoms with Gasteiger partial charge in [-0.15, -0.1) is 0 Å². The van der Waals surface area contributed by atoms with Gasteiger partial charge in [-0.1, -0.05) is 12.1 Å². The van der Waals surface area contributed by atoms with Crippen molar-refractivity contribution < 1.29 is 19.1 Å². The van der Waals surface area contributed by atoms with E-state index in [-0.39, 0.29) is 11.8 Å². The number of hydrogen-bond donors (Lipinski definition) is 2. The summed E-state index contributed by atoms with van der Waals surface area (Å²) in [6.45, 7) is 1.33. The maximum absolute atomic E-state index is 12.7. The van der Waals surface area contributed by atoms with Crippen LogP contribution >= 0.6 is 0 Å². The van der Waals surface area contributed by atoms with Crippen LogP contribution in [0.15, 0.2) is 72.8 Å². The number of rotatable bonds is 7. The van der Waals surface area contributed by atoms with Gasteiger partial charge in [-0.3, -0.25) is 14.4 Å². The smallest absolute Gasteiger partial charge is 0.255 e. The summed E-state index contributed by atoms with van der Waals surface area (Å²) >= 11 is 0. The van der Waals surface area contributed by atoms with E-state index in [0.717, 1.165) is 24.9 Å². The lowest BCUT2D eigenvalue weighted by molar-refractivity contribution is -0.133. The number of carbonyl (C=O) groups is 3. The Hall–Kier alpha value is -4.13. The summed E-state index contributed by atoms with van der Waals surface area (Å²) in [4.78, 5) is 37.8. The number of anilines is 1. The number of amides is 3. The molecule has 33 heavy (non-hydrogen) atoms. The molecular formula is C26H25N3O4. The molecule has 0 spiro atoms. The average Bonchev–Trinajstić information content (AvgIpc) is 2.82. The maximum atomic E-state index is 12.7. The second kappa shape index (κ2) is 9.99. The monoisotopic (exact) mass is 443 g/mol. The van der Waals surface area contributed by atoms with Gasteiger partial charge < -0.3 is 20.7 Å².